The van der Waals surface area contributed by atoms with Crippen LogP contribution in [0.5, 0.6) is 5.75 Å². The standard InChI is InChI=1S/C22H21NO4/c1-27-21(25)14-18(11-15-7-3-2-4-8-15)23-22(26)19-12-16-9-5-6-10-17(16)13-20(19)24/h2-10,12-13,18,24H,11,14H2,1H3,(H,23,26)/t18-/m0/s1. The first kappa shape index (κ1) is 18.5. The van der Waals surface area contributed by atoms with E-state index in [4.69, 9.17) is 4.74 Å². The molecule has 2 N–H and O–H groups in total. The summed E-state index contributed by atoms with van der Waals surface area (Å²) in [6.07, 6.45) is 0.529. The minimum atomic E-state index is -0.446. The van der Waals surface area contributed by atoms with Gasteiger partial charge in [0.1, 0.15) is 5.75 Å². The van der Waals surface area contributed by atoms with Crippen molar-refractivity contribution in [1.29, 1.82) is 0 Å². The molecule has 0 unspecified atom stereocenters. The van der Waals surface area contributed by atoms with E-state index < -0.39 is 17.9 Å². The number of benzene rings is 3. The summed E-state index contributed by atoms with van der Waals surface area (Å²) in [6.45, 7) is 0. The SMILES string of the molecule is COC(=O)C[C@H](Cc1ccccc1)NC(=O)c1cc2ccccc2cc1O. The van der Waals surface area contributed by atoms with E-state index in [0.717, 1.165) is 16.3 Å². The van der Waals surface area contributed by atoms with E-state index in [2.05, 4.69) is 5.32 Å². The number of hydrogen-bond acceptors (Lipinski definition) is 4. The first-order valence-electron chi connectivity index (χ1n) is 8.70. The van der Waals surface area contributed by atoms with E-state index in [0.29, 0.717) is 6.42 Å². The zero-order valence-corrected chi connectivity index (χ0v) is 15.0. The van der Waals surface area contributed by atoms with Crippen molar-refractivity contribution >= 4 is 22.6 Å². The van der Waals surface area contributed by atoms with Gasteiger partial charge >= 0.3 is 5.97 Å². The van der Waals surface area contributed by atoms with Gasteiger partial charge in [0.2, 0.25) is 0 Å². The molecule has 0 heterocycles. The molecular formula is C22H21NO4. The Morgan fingerprint density at radius 1 is 1.00 bits per heavy atom. The van der Waals surface area contributed by atoms with Crippen molar-refractivity contribution in [1.82, 2.24) is 5.32 Å². The lowest BCUT2D eigenvalue weighted by atomic mass is 10.0. The van der Waals surface area contributed by atoms with E-state index in [1.165, 1.54) is 7.11 Å². The molecule has 3 aromatic rings. The number of phenolic OH excluding ortho intramolecular Hbond substituents is 1. The van der Waals surface area contributed by atoms with Gasteiger partial charge in [-0.1, -0.05) is 54.6 Å². The normalized spacial score (nSPS) is 11.7. The van der Waals surface area contributed by atoms with Crippen molar-refractivity contribution in [3.8, 4) is 5.75 Å². The van der Waals surface area contributed by atoms with Crippen molar-refractivity contribution in [2.24, 2.45) is 0 Å². The molecule has 1 amide bonds. The molecule has 138 valence electrons. The van der Waals surface area contributed by atoms with E-state index in [1.54, 1.807) is 12.1 Å². The van der Waals surface area contributed by atoms with Crippen molar-refractivity contribution in [2.45, 2.75) is 18.9 Å². The molecule has 0 aliphatic rings. The molecule has 0 bridgehead atoms. The smallest absolute Gasteiger partial charge is 0.307 e. The molecular weight excluding hydrogens is 342 g/mol. The second-order valence-corrected chi connectivity index (χ2v) is 6.36. The second-order valence-electron chi connectivity index (χ2n) is 6.36. The van der Waals surface area contributed by atoms with Gasteiger partial charge in [0.05, 0.1) is 19.1 Å². The lowest BCUT2D eigenvalue weighted by Gasteiger charge is -2.18. The molecule has 0 fully saturated rings. The number of methoxy groups -OCH3 is 1. The number of carbonyl (C=O) groups excluding carboxylic acids is 2. The highest BCUT2D eigenvalue weighted by Crippen LogP contribution is 2.25. The Labute approximate surface area is 157 Å². The highest BCUT2D eigenvalue weighted by Gasteiger charge is 2.20. The van der Waals surface area contributed by atoms with E-state index in [9.17, 15) is 14.7 Å². The molecule has 0 saturated carbocycles. The quantitative estimate of drug-likeness (QED) is 0.658. The zero-order valence-electron chi connectivity index (χ0n) is 15.0. The number of fused-ring (bicyclic) bond motifs is 1. The first-order valence-corrected chi connectivity index (χ1v) is 8.70. The van der Waals surface area contributed by atoms with Crippen LogP contribution in [0.2, 0.25) is 0 Å². The Morgan fingerprint density at radius 2 is 1.63 bits per heavy atom. The fourth-order valence-electron chi connectivity index (χ4n) is 3.03. The van der Waals surface area contributed by atoms with Gasteiger partial charge in [-0.15, -0.1) is 0 Å². The molecule has 5 nitrogen and oxygen atoms in total. The average molecular weight is 363 g/mol. The van der Waals surface area contributed by atoms with E-state index in [-0.39, 0.29) is 17.7 Å². The number of aromatic hydroxyl groups is 1. The van der Waals surface area contributed by atoms with Crippen molar-refractivity contribution in [3.63, 3.8) is 0 Å². The van der Waals surface area contributed by atoms with Gasteiger partial charge in [0, 0.05) is 6.04 Å². The molecule has 1 atom stereocenters. The average Bonchev–Trinajstić information content (AvgIpc) is 2.68. The molecule has 0 spiro atoms. The number of nitrogens with one attached hydrogen (secondary N) is 1. The predicted octanol–water partition coefficient (Wildman–Crippen LogP) is 3.45. The summed E-state index contributed by atoms with van der Waals surface area (Å²) < 4.78 is 4.75. The summed E-state index contributed by atoms with van der Waals surface area (Å²) in [5, 5.41) is 14.8. The second kappa shape index (κ2) is 8.36. The van der Waals surface area contributed by atoms with Crippen molar-refractivity contribution in [2.75, 3.05) is 7.11 Å². The number of carbonyl (C=O) groups is 2. The van der Waals surface area contributed by atoms with E-state index >= 15 is 0 Å². The third kappa shape index (κ3) is 4.64. The fourth-order valence-corrected chi connectivity index (χ4v) is 3.03. The molecule has 0 aliphatic heterocycles. The van der Waals surface area contributed by atoms with Gasteiger partial charge in [-0.3, -0.25) is 9.59 Å². The molecule has 27 heavy (non-hydrogen) atoms. The van der Waals surface area contributed by atoms with Gasteiger partial charge in [0.15, 0.2) is 0 Å². The van der Waals surface area contributed by atoms with Crippen molar-refractivity contribution < 1.29 is 19.4 Å². The first-order chi connectivity index (χ1) is 13.1. The Morgan fingerprint density at radius 3 is 2.30 bits per heavy atom. The van der Waals surface area contributed by atoms with Crippen molar-refractivity contribution in [3.05, 3.63) is 77.9 Å². The van der Waals surface area contributed by atoms with Gasteiger partial charge < -0.3 is 15.2 Å². The van der Waals surface area contributed by atoms with Crippen LogP contribution in [0.4, 0.5) is 0 Å². The maximum Gasteiger partial charge on any atom is 0.307 e. The zero-order chi connectivity index (χ0) is 19.2. The molecule has 0 saturated heterocycles. The number of rotatable bonds is 6. The predicted molar refractivity (Wildman–Crippen MR) is 104 cm³/mol. The van der Waals surface area contributed by atoms with Crippen LogP contribution in [0.25, 0.3) is 10.8 Å². The highest BCUT2D eigenvalue weighted by atomic mass is 16.5. The summed E-state index contributed by atoms with van der Waals surface area (Å²) in [6, 6.07) is 19.8. The number of hydrogen-bond donors (Lipinski definition) is 2. The van der Waals surface area contributed by atoms with Crippen LogP contribution in [-0.2, 0) is 16.0 Å². The Bertz CT molecular complexity index is 953. The minimum absolute atomic E-state index is 0.0471. The Balaban J connectivity index is 1.83. The summed E-state index contributed by atoms with van der Waals surface area (Å²) in [5.41, 5.74) is 1.17. The summed E-state index contributed by atoms with van der Waals surface area (Å²) in [5.74, 6) is -0.926. The molecule has 0 radical (unpaired) electrons. The largest absolute Gasteiger partial charge is 0.507 e. The lowest BCUT2D eigenvalue weighted by Crippen LogP contribution is -2.38. The third-order valence-corrected chi connectivity index (χ3v) is 4.41. The van der Waals surface area contributed by atoms with Crippen LogP contribution < -0.4 is 5.32 Å². The molecule has 0 aliphatic carbocycles. The number of esters is 1. The van der Waals surface area contributed by atoms with Crippen LogP contribution in [-0.4, -0.2) is 30.1 Å². The molecule has 3 aromatic carbocycles. The van der Waals surface area contributed by atoms with Gasteiger partial charge in [-0.25, -0.2) is 0 Å². The third-order valence-electron chi connectivity index (χ3n) is 4.41. The van der Waals surface area contributed by atoms with Gasteiger partial charge in [-0.2, -0.15) is 0 Å². The number of amides is 1. The highest BCUT2D eigenvalue weighted by molar-refractivity contribution is 6.01. The molecule has 5 heteroatoms. The lowest BCUT2D eigenvalue weighted by molar-refractivity contribution is -0.141. The monoisotopic (exact) mass is 363 g/mol. The van der Waals surface area contributed by atoms with Crippen LogP contribution in [0.15, 0.2) is 66.7 Å². The number of phenols is 1. The van der Waals surface area contributed by atoms with Crippen LogP contribution in [0.3, 0.4) is 0 Å². The Hall–Kier alpha value is -3.34. The van der Waals surface area contributed by atoms with Crippen LogP contribution in [0.1, 0.15) is 22.3 Å². The number of ether oxygens (including phenoxy) is 1. The minimum Gasteiger partial charge on any atom is -0.507 e. The maximum atomic E-state index is 12.8. The van der Waals surface area contributed by atoms with Crippen LogP contribution >= 0.6 is 0 Å². The fraction of sp³-hybridized carbons (Fsp3) is 0.182. The molecule has 0 aromatic heterocycles. The van der Waals surface area contributed by atoms with Crippen LogP contribution in [0, 0.1) is 0 Å². The maximum absolute atomic E-state index is 12.8. The Kier molecular flexibility index (Phi) is 5.71. The summed E-state index contributed by atoms with van der Waals surface area (Å²) >= 11 is 0. The van der Waals surface area contributed by atoms with Gasteiger partial charge in [0.25, 0.3) is 5.91 Å². The van der Waals surface area contributed by atoms with Gasteiger partial charge in [-0.05, 0) is 34.9 Å². The van der Waals surface area contributed by atoms with E-state index in [1.807, 2.05) is 54.6 Å². The summed E-state index contributed by atoms with van der Waals surface area (Å²) in [4.78, 5) is 24.5. The summed E-state index contributed by atoms with van der Waals surface area (Å²) in [7, 11) is 1.32. The molecule has 3 rings (SSSR count). The topological polar surface area (TPSA) is 75.6 Å².